The van der Waals surface area contributed by atoms with E-state index in [-0.39, 0.29) is 5.92 Å². The largest absolute Gasteiger partial charge is 0.384 e. The number of hydrogen-bond donors (Lipinski definition) is 2. The third kappa shape index (κ3) is 5.03. The van der Waals surface area contributed by atoms with Crippen LogP contribution in [0.2, 0.25) is 0 Å². The van der Waals surface area contributed by atoms with E-state index in [1.165, 1.54) is 0 Å². The second-order valence-electron chi connectivity index (χ2n) is 5.22. The Hall–Kier alpha value is -1.36. The molecule has 0 saturated carbocycles. The molecule has 0 radical (unpaired) electrons. The minimum atomic E-state index is 0.280. The highest BCUT2D eigenvalue weighted by atomic mass is 15.2. The Kier molecular flexibility index (Phi) is 6.02. The van der Waals surface area contributed by atoms with Crippen LogP contribution in [0.3, 0.4) is 0 Å². The Balaban J connectivity index is 2.70. The number of nitrogens with zero attached hydrogens (tertiary/aromatic N) is 3. The van der Waals surface area contributed by atoms with Crippen molar-refractivity contribution in [3.63, 3.8) is 0 Å². The molecular weight excluding hydrogens is 238 g/mol. The van der Waals surface area contributed by atoms with E-state index in [0.29, 0.717) is 11.9 Å². The summed E-state index contributed by atoms with van der Waals surface area (Å²) in [6.07, 6.45) is 0. The van der Waals surface area contributed by atoms with E-state index in [1.807, 2.05) is 0 Å². The molecule has 1 atom stereocenters. The van der Waals surface area contributed by atoms with Crippen LogP contribution in [0.15, 0.2) is 6.07 Å². The zero-order chi connectivity index (χ0) is 14.4. The van der Waals surface area contributed by atoms with Crippen molar-refractivity contribution in [2.75, 3.05) is 30.7 Å². The first-order valence-corrected chi connectivity index (χ1v) is 7.09. The number of likely N-dealkylation sites (N-methyl/N-ethyl adjacent to an activating group) is 1. The van der Waals surface area contributed by atoms with Gasteiger partial charge in [-0.3, -0.25) is 0 Å². The van der Waals surface area contributed by atoms with Crippen LogP contribution in [-0.2, 0) is 0 Å². The average molecular weight is 265 g/mol. The van der Waals surface area contributed by atoms with Crippen LogP contribution in [0.1, 0.15) is 46.4 Å². The first-order valence-electron chi connectivity index (χ1n) is 7.09. The molecule has 0 aliphatic heterocycles. The number of nitrogens with two attached hydrogens (primary N) is 1. The van der Waals surface area contributed by atoms with Crippen LogP contribution >= 0.6 is 0 Å². The second kappa shape index (κ2) is 7.28. The average Bonchev–Trinajstić information content (AvgIpc) is 2.35. The molecule has 5 nitrogen and oxygen atoms in total. The van der Waals surface area contributed by atoms with Crippen molar-refractivity contribution in [3.8, 4) is 0 Å². The molecule has 1 unspecified atom stereocenters. The number of nitrogens with one attached hydrogen (secondary N) is 1. The Morgan fingerprint density at radius 3 is 2.37 bits per heavy atom. The van der Waals surface area contributed by atoms with Crippen LogP contribution in [0, 0.1) is 0 Å². The highest BCUT2D eigenvalue weighted by Crippen LogP contribution is 2.15. The minimum absolute atomic E-state index is 0.280. The molecule has 1 rings (SSSR count). The SMILES string of the molecule is CCN(CC)CC(C)Nc1cc(N)nc(C(C)C)n1. The van der Waals surface area contributed by atoms with Gasteiger partial charge in [-0.15, -0.1) is 0 Å². The van der Waals surface area contributed by atoms with Gasteiger partial charge in [0.2, 0.25) is 0 Å². The maximum Gasteiger partial charge on any atom is 0.135 e. The maximum atomic E-state index is 5.83. The summed E-state index contributed by atoms with van der Waals surface area (Å²) >= 11 is 0. The van der Waals surface area contributed by atoms with Crippen LogP contribution in [-0.4, -0.2) is 40.5 Å². The van der Waals surface area contributed by atoms with Gasteiger partial charge in [0.25, 0.3) is 0 Å². The van der Waals surface area contributed by atoms with Crippen molar-refractivity contribution in [2.45, 2.75) is 46.6 Å². The molecule has 1 aromatic rings. The summed E-state index contributed by atoms with van der Waals surface area (Å²) in [5, 5.41) is 3.40. The molecule has 0 spiro atoms. The van der Waals surface area contributed by atoms with Crippen molar-refractivity contribution >= 4 is 11.6 Å². The minimum Gasteiger partial charge on any atom is -0.384 e. The molecule has 0 fully saturated rings. The first-order chi connectivity index (χ1) is 8.96. The van der Waals surface area contributed by atoms with Crippen LogP contribution < -0.4 is 11.1 Å². The lowest BCUT2D eigenvalue weighted by Crippen LogP contribution is -2.35. The van der Waals surface area contributed by atoms with Crippen LogP contribution in [0.5, 0.6) is 0 Å². The molecule has 5 heteroatoms. The van der Waals surface area contributed by atoms with E-state index in [2.05, 4.69) is 54.8 Å². The fourth-order valence-corrected chi connectivity index (χ4v) is 1.98. The van der Waals surface area contributed by atoms with Crippen molar-refractivity contribution in [2.24, 2.45) is 0 Å². The summed E-state index contributed by atoms with van der Waals surface area (Å²) in [6, 6.07) is 2.12. The Morgan fingerprint density at radius 2 is 1.84 bits per heavy atom. The van der Waals surface area contributed by atoms with Gasteiger partial charge in [0.1, 0.15) is 17.5 Å². The quantitative estimate of drug-likeness (QED) is 0.792. The third-order valence-corrected chi connectivity index (χ3v) is 3.10. The van der Waals surface area contributed by atoms with Gasteiger partial charge in [-0.1, -0.05) is 27.7 Å². The van der Waals surface area contributed by atoms with Crippen molar-refractivity contribution in [1.29, 1.82) is 0 Å². The van der Waals surface area contributed by atoms with Crippen LogP contribution in [0.25, 0.3) is 0 Å². The van der Waals surface area contributed by atoms with E-state index in [1.54, 1.807) is 6.07 Å². The highest BCUT2D eigenvalue weighted by molar-refractivity contribution is 5.45. The molecule has 0 amide bonds. The topological polar surface area (TPSA) is 67.1 Å². The van der Waals surface area contributed by atoms with E-state index < -0.39 is 0 Å². The number of anilines is 2. The van der Waals surface area contributed by atoms with Crippen molar-refractivity contribution < 1.29 is 0 Å². The summed E-state index contributed by atoms with van der Waals surface area (Å²) < 4.78 is 0. The van der Waals surface area contributed by atoms with Gasteiger partial charge in [0.15, 0.2) is 0 Å². The lowest BCUT2D eigenvalue weighted by atomic mass is 10.2. The van der Waals surface area contributed by atoms with Crippen molar-refractivity contribution in [1.82, 2.24) is 14.9 Å². The van der Waals surface area contributed by atoms with Gasteiger partial charge < -0.3 is 16.0 Å². The summed E-state index contributed by atoms with van der Waals surface area (Å²) in [6.45, 7) is 13.8. The van der Waals surface area contributed by atoms with E-state index in [9.17, 15) is 0 Å². The Morgan fingerprint density at radius 1 is 1.21 bits per heavy atom. The van der Waals surface area contributed by atoms with Crippen molar-refractivity contribution in [3.05, 3.63) is 11.9 Å². The number of rotatable bonds is 7. The molecule has 19 heavy (non-hydrogen) atoms. The Bertz CT molecular complexity index is 387. The molecule has 1 aromatic heterocycles. The van der Waals surface area contributed by atoms with E-state index in [0.717, 1.165) is 31.3 Å². The highest BCUT2D eigenvalue weighted by Gasteiger charge is 2.10. The normalized spacial score (nSPS) is 13.0. The van der Waals surface area contributed by atoms with Gasteiger partial charge in [0, 0.05) is 24.6 Å². The van der Waals surface area contributed by atoms with Gasteiger partial charge in [-0.2, -0.15) is 0 Å². The smallest absolute Gasteiger partial charge is 0.135 e. The molecule has 108 valence electrons. The van der Waals surface area contributed by atoms with E-state index in [4.69, 9.17) is 5.73 Å². The van der Waals surface area contributed by atoms with Gasteiger partial charge in [-0.25, -0.2) is 9.97 Å². The molecule has 0 aliphatic rings. The molecule has 0 aliphatic carbocycles. The molecule has 0 saturated heterocycles. The number of aromatic nitrogens is 2. The standard InChI is InChI=1S/C14H27N5/c1-6-19(7-2)9-11(5)16-13-8-12(15)17-14(18-13)10(3)4/h8,10-11H,6-7,9H2,1-5H3,(H3,15,16,17,18). The monoisotopic (exact) mass is 265 g/mol. The van der Waals surface area contributed by atoms with Gasteiger partial charge >= 0.3 is 0 Å². The molecule has 0 bridgehead atoms. The molecule has 1 heterocycles. The number of nitrogen functional groups attached to an aromatic ring is 1. The summed E-state index contributed by atoms with van der Waals surface area (Å²) in [7, 11) is 0. The molecule has 0 aromatic carbocycles. The number of hydrogen-bond acceptors (Lipinski definition) is 5. The van der Waals surface area contributed by atoms with E-state index >= 15 is 0 Å². The molecular formula is C14H27N5. The maximum absolute atomic E-state index is 5.83. The van der Waals surface area contributed by atoms with Crippen LogP contribution in [0.4, 0.5) is 11.6 Å². The van der Waals surface area contributed by atoms with Gasteiger partial charge in [0.05, 0.1) is 0 Å². The summed E-state index contributed by atoms with van der Waals surface area (Å²) in [4.78, 5) is 11.1. The third-order valence-electron chi connectivity index (χ3n) is 3.10. The second-order valence-corrected chi connectivity index (χ2v) is 5.22. The Labute approximate surface area is 116 Å². The summed E-state index contributed by atoms with van der Waals surface area (Å²) in [5.41, 5.74) is 5.83. The first kappa shape index (κ1) is 15.7. The summed E-state index contributed by atoms with van der Waals surface area (Å²) in [5.74, 6) is 2.41. The van der Waals surface area contributed by atoms with Gasteiger partial charge in [-0.05, 0) is 20.0 Å². The predicted octanol–water partition coefficient (Wildman–Crippen LogP) is 2.32. The fraction of sp³-hybridized carbons (Fsp3) is 0.714. The molecule has 3 N–H and O–H groups in total. The lowest BCUT2D eigenvalue weighted by molar-refractivity contribution is 0.294. The fourth-order valence-electron chi connectivity index (χ4n) is 1.98. The lowest BCUT2D eigenvalue weighted by Gasteiger charge is -2.24. The zero-order valence-corrected chi connectivity index (χ0v) is 12.8. The predicted molar refractivity (Wildman–Crippen MR) is 81.4 cm³/mol. The zero-order valence-electron chi connectivity index (χ0n) is 12.8.